The molecule has 0 radical (unpaired) electrons. The molecule has 0 aliphatic carbocycles. The molecule has 1 aliphatic rings. The zero-order valence-electron chi connectivity index (χ0n) is 18.4. The van der Waals surface area contributed by atoms with E-state index in [1.807, 2.05) is 18.2 Å². The molecular weight excluding hydrogens is 484 g/mol. The summed E-state index contributed by atoms with van der Waals surface area (Å²) in [7, 11) is 1.39. The van der Waals surface area contributed by atoms with E-state index in [4.69, 9.17) is 14.2 Å². The molecule has 7 nitrogen and oxygen atoms in total. The molecule has 1 saturated heterocycles. The molecule has 0 saturated carbocycles. The summed E-state index contributed by atoms with van der Waals surface area (Å²) in [5.74, 6) is -0.0942. The largest absolute Gasteiger partial charge is 0.481 e. The number of aromatic nitrogens is 2. The summed E-state index contributed by atoms with van der Waals surface area (Å²) in [4.78, 5) is 8.18. The lowest BCUT2D eigenvalue weighted by Gasteiger charge is -2.34. The third kappa shape index (κ3) is 8.37. The van der Waals surface area contributed by atoms with Gasteiger partial charge in [0, 0.05) is 18.6 Å². The number of hydrogen-bond donors (Lipinski definition) is 2. The van der Waals surface area contributed by atoms with Crippen molar-refractivity contribution in [1.29, 1.82) is 0 Å². The molecule has 1 aliphatic heterocycles. The van der Waals surface area contributed by atoms with E-state index < -0.39 is 12.8 Å². The molecule has 0 amide bonds. The molecule has 0 bridgehead atoms. The van der Waals surface area contributed by atoms with Crippen molar-refractivity contribution in [1.82, 2.24) is 20.6 Å². The first kappa shape index (κ1) is 29.0. The zero-order valence-corrected chi connectivity index (χ0v) is 20.0. The Morgan fingerprint density at radius 3 is 2.42 bits per heavy atom. The number of alkyl halides is 3. The Kier molecular flexibility index (Phi) is 12.0. The number of halogens is 5. The van der Waals surface area contributed by atoms with Crippen molar-refractivity contribution in [2.75, 3.05) is 26.9 Å². The number of methoxy groups -OCH3 is 1. The van der Waals surface area contributed by atoms with Gasteiger partial charge in [0.05, 0.1) is 19.3 Å². The molecule has 0 spiro atoms. The summed E-state index contributed by atoms with van der Waals surface area (Å²) in [6, 6.07) is 10.1. The fourth-order valence-electron chi connectivity index (χ4n) is 3.56. The normalized spacial score (nSPS) is 18.0. The molecule has 2 atom stereocenters. The Morgan fingerprint density at radius 2 is 1.79 bits per heavy atom. The lowest BCUT2D eigenvalue weighted by Crippen LogP contribution is -2.45. The third-order valence-electron chi connectivity index (χ3n) is 4.91. The lowest BCUT2D eigenvalue weighted by atomic mass is 9.92. The molecule has 12 heteroatoms. The van der Waals surface area contributed by atoms with Crippen LogP contribution >= 0.6 is 24.8 Å². The molecule has 2 heterocycles. The van der Waals surface area contributed by atoms with E-state index >= 15 is 0 Å². The Bertz CT molecular complexity index is 847. The van der Waals surface area contributed by atoms with Gasteiger partial charge in [-0.2, -0.15) is 23.1 Å². The number of ether oxygens (including phenoxy) is 3. The zero-order chi connectivity index (χ0) is 22.3. The summed E-state index contributed by atoms with van der Waals surface area (Å²) in [6.07, 6.45) is -2.61. The van der Waals surface area contributed by atoms with Gasteiger partial charge in [0.25, 0.3) is 0 Å². The van der Waals surface area contributed by atoms with E-state index in [1.165, 1.54) is 7.11 Å². The molecule has 1 aromatic carbocycles. The molecule has 186 valence electrons. The summed E-state index contributed by atoms with van der Waals surface area (Å²) in [6.45, 7) is 1.59. The van der Waals surface area contributed by atoms with Gasteiger partial charge in [0.2, 0.25) is 11.8 Å². The van der Waals surface area contributed by atoms with E-state index in [0.717, 1.165) is 24.9 Å². The van der Waals surface area contributed by atoms with Gasteiger partial charge in [0.1, 0.15) is 0 Å². The SMILES string of the molecule is CCOc1nc(OC)c(CN[C@H]2CCCN[C@H]2c2ccccc2)c(OCC(F)(F)F)n1.Cl.Cl. The highest BCUT2D eigenvalue weighted by molar-refractivity contribution is 5.85. The highest BCUT2D eigenvalue weighted by Gasteiger charge is 2.31. The lowest BCUT2D eigenvalue weighted by molar-refractivity contribution is -0.154. The number of nitrogens with zero attached hydrogens (tertiary/aromatic N) is 2. The van der Waals surface area contributed by atoms with Crippen LogP contribution in [0.25, 0.3) is 0 Å². The maximum Gasteiger partial charge on any atom is 0.422 e. The molecule has 33 heavy (non-hydrogen) atoms. The van der Waals surface area contributed by atoms with Crippen LogP contribution in [0, 0.1) is 0 Å². The monoisotopic (exact) mass is 512 g/mol. The fraction of sp³-hybridized carbons (Fsp3) is 0.524. The average molecular weight is 513 g/mol. The molecule has 3 rings (SSSR count). The highest BCUT2D eigenvalue weighted by Crippen LogP contribution is 2.30. The van der Waals surface area contributed by atoms with Crippen molar-refractivity contribution in [3.63, 3.8) is 0 Å². The third-order valence-corrected chi connectivity index (χ3v) is 4.91. The molecule has 0 unspecified atom stereocenters. The van der Waals surface area contributed by atoms with Gasteiger partial charge in [-0.1, -0.05) is 30.3 Å². The van der Waals surface area contributed by atoms with Gasteiger partial charge in [-0.15, -0.1) is 24.8 Å². The second-order valence-corrected chi connectivity index (χ2v) is 7.11. The van der Waals surface area contributed by atoms with E-state index in [1.54, 1.807) is 6.92 Å². The predicted octanol–water partition coefficient (Wildman–Crippen LogP) is 4.25. The van der Waals surface area contributed by atoms with Crippen molar-refractivity contribution in [3.05, 3.63) is 41.5 Å². The summed E-state index contributed by atoms with van der Waals surface area (Å²) in [5.41, 5.74) is 1.45. The predicted molar refractivity (Wildman–Crippen MR) is 123 cm³/mol. The quantitative estimate of drug-likeness (QED) is 0.519. The molecular formula is C21H29Cl2F3N4O3. The van der Waals surface area contributed by atoms with Crippen LogP contribution in [0.4, 0.5) is 13.2 Å². The number of hydrogen-bond acceptors (Lipinski definition) is 7. The number of piperidine rings is 1. The van der Waals surface area contributed by atoms with Crippen LogP contribution in [-0.2, 0) is 6.54 Å². The van der Waals surface area contributed by atoms with Crippen LogP contribution in [0.2, 0.25) is 0 Å². The van der Waals surface area contributed by atoms with Gasteiger partial charge in [-0.3, -0.25) is 0 Å². The Hall–Kier alpha value is -2.01. The van der Waals surface area contributed by atoms with Crippen LogP contribution in [0.1, 0.15) is 36.9 Å². The number of benzene rings is 1. The van der Waals surface area contributed by atoms with Crippen LogP contribution < -0.4 is 24.8 Å². The minimum atomic E-state index is -4.50. The minimum Gasteiger partial charge on any atom is -0.481 e. The molecule has 1 fully saturated rings. The van der Waals surface area contributed by atoms with E-state index in [-0.39, 0.29) is 67.8 Å². The van der Waals surface area contributed by atoms with Crippen molar-refractivity contribution >= 4 is 24.8 Å². The highest BCUT2D eigenvalue weighted by atomic mass is 35.5. The van der Waals surface area contributed by atoms with E-state index in [9.17, 15) is 13.2 Å². The summed E-state index contributed by atoms with van der Waals surface area (Å²) in [5, 5.41) is 6.94. The number of rotatable bonds is 9. The van der Waals surface area contributed by atoms with Crippen molar-refractivity contribution < 1.29 is 27.4 Å². The Morgan fingerprint density at radius 1 is 1.09 bits per heavy atom. The summed E-state index contributed by atoms with van der Waals surface area (Å²) < 4.78 is 53.8. The second kappa shape index (κ2) is 13.6. The Balaban J connectivity index is 0.00000272. The van der Waals surface area contributed by atoms with Gasteiger partial charge >= 0.3 is 12.2 Å². The van der Waals surface area contributed by atoms with Gasteiger partial charge < -0.3 is 24.8 Å². The van der Waals surface area contributed by atoms with Crippen LogP contribution in [-0.4, -0.2) is 49.1 Å². The van der Waals surface area contributed by atoms with Crippen LogP contribution in [0.5, 0.6) is 17.8 Å². The van der Waals surface area contributed by atoms with E-state index in [0.29, 0.717) is 5.56 Å². The van der Waals surface area contributed by atoms with Gasteiger partial charge in [-0.05, 0) is 31.9 Å². The van der Waals surface area contributed by atoms with Gasteiger partial charge in [0.15, 0.2) is 6.61 Å². The minimum absolute atomic E-state index is 0. The fourth-order valence-corrected chi connectivity index (χ4v) is 3.56. The topological polar surface area (TPSA) is 77.5 Å². The second-order valence-electron chi connectivity index (χ2n) is 7.11. The molecule has 2 N–H and O–H groups in total. The first-order valence-electron chi connectivity index (χ1n) is 10.2. The Labute approximate surface area is 203 Å². The standard InChI is InChI=1S/C21H27F3N4O3.2ClH/c1-3-30-20-27-18(29-2)15(19(28-20)31-13-21(22,23)24)12-26-16-10-7-11-25-17(16)14-8-5-4-6-9-14;;/h4-6,8-9,16-17,25-26H,3,7,10-13H2,1-2H3;2*1H/t16-,17-;;/m0../s1. The van der Waals surface area contributed by atoms with Crippen LogP contribution in [0.3, 0.4) is 0 Å². The first-order valence-corrected chi connectivity index (χ1v) is 10.2. The maximum atomic E-state index is 12.8. The average Bonchev–Trinajstić information content (AvgIpc) is 2.77. The molecule has 2 aromatic rings. The summed E-state index contributed by atoms with van der Waals surface area (Å²) >= 11 is 0. The maximum absolute atomic E-state index is 12.8. The van der Waals surface area contributed by atoms with Crippen molar-refractivity contribution in [2.45, 2.75) is 44.6 Å². The van der Waals surface area contributed by atoms with Crippen molar-refractivity contribution in [2.24, 2.45) is 0 Å². The smallest absolute Gasteiger partial charge is 0.422 e. The number of nitrogens with one attached hydrogen (secondary N) is 2. The van der Waals surface area contributed by atoms with Crippen molar-refractivity contribution in [3.8, 4) is 17.8 Å². The molecule has 1 aromatic heterocycles. The van der Waals surface area contributed by atoms with Crippen LogP contribution in [0.15, 0.2) is 30.3 Å². The van der Waals surface area contributed by atoms with Gasteiger partial charge in [-0.25, -0.2) is 0 Å². The first-order chi connectivity index (χ1) is 14.9. The van der Waals surface area contributed by atoms with E-state index in [2.05, 4.69) is 32.7 Å².